The summed E-state index contributed by atoms with van der Waals surface area (Å²) in [6.07, 6.45) is 1.59. The van der Waals surface area contributed by atoms with E-state index in [4.69, 9.17) is 4.74 Å². The van der Waals surface area contributed by atoms with E-state index in [2.05, 4.69) is 51.6 Å². The zero-order chi connectivity index (χ0) is 23.6. The van der Waals surface area contributed by atoms with E-state index in [0.717, 1.165) is 37.7 Å². The lowest BCUT2D eigenvalue weighted by Gasteiger charge is -2.30. The van der Waals surface area contributed by atoms with Crippen molar-refractivity contribution in [2.45, 2.75) is 33.7 Å². The summed E-state index contributed by atoms with van der Waals surface area (Å²) in [5, 5.41) is 9.33. The summed E-state index contributed by atoms with van der Waals surface area (Å²) in [5.74, 6) is 0.811. The molecule has 1 aliphatic heterocycles. The molecule has 2 heterocycles. The molecule has 0 spiro atoms. The number of aromatic nitrogens is 2. The van der Waals surface area contributed by atoms with Crippen molar-refractivity contribution >= 4 is 34.5 Å². The van der Waals surface area contributed by atoms with E-state index in [9.17, 15) is 9.59 Å². The molecule has 2 aromatic carbocycles. The average Bonchev–Trinajstić information content (AvgIpc) is 2.81. The fourth-order valence-corrected chi connectivity index (χ4v) is 3.40. The summed E-state index contributed by atoms with van der Waals surface area (Å²) >= 11 is 0. The van der Waals surface area contributed by atoms with Crippen LogP contribution in [0.3, 0.4) is 0 Å². The number of hydrogen-bond acceptors (Lipinski definition) is 9. The monoisotopic (exact) mass is 450 g/mol. The first-order valence-electron chi connectivity index (χ1n) is 11.1. The first-order chi connectivity index (χ1) is 15.7. The number of nitrogens with one attached hydrogen (secondary N) is 3. The van der Waals surface area contributed by atoms with Gasteiger partial charge in [0.05, 0.1) is 13.2 Å². The van der Waals surface area contributed by atoms with Gasteiger partial charge in [0, 0.05) is 36.7 Å². The number of anilines is 6. The van der Waals surface area contributed by atoms with E-state index in [-0.39, 0.29) is 17.1 Å². The van der Waals surface area contributed by atoms with Crippen molar-refractivity contribution < 1.29 is 4.74 Å². The van der Waals surface area contributed by atoms with Crippen LogP contribution in [0.2, 0.25) is 0 Å². The van der Waals surface area contributed by atoms with Crippen molar-refractivity contribution in [3.8, 4) is 0 Å². The van der Waals surface area contributed by atoms with Crippen LogP contribution < -0.4 is 31.7 Å². The van der Waals surface area contributed by atoms with Crippen molar-refractivity contribution in [2.75, 3.05) is 47.2 Å². The van der Waals surface area contributed by atoms with E-state index in [1.165, 1.54) is 0 Å². The summed E-state index contributed by atoms with van der Waals surface area (Å²) in [6.45, 7) is 11.4. The number of ether oxygens (including phenoxy) is 1. The molecule has 1 aliphatic rings. The first kappa shape index (κ1) is 22.7. The normalized spacial score (nSPS) is 15.3. The van der Waals surface area contributed by atoms with Crippen LogP contribution in [0.5, 0.6) is 0 Å². The van der Waals surface area contributed by atoms with Gasteiger partial charge in [0.15, 0.2) is 0 Å². The first-order valence-corrected chi connectivity index (χ1v) is 11.1. The third-order valence-corrected chi connectivity index (χ3v) is 5.98. The van der Waals surface area contributed by atoms with E-state index in [1.54, 1.807) is 12.3 Å². The molecule has 3 N–H and O–H groups in total. The molecule has 9 heteroatoms. The van der Waals surface area contributed by atoms with Gasteiger partial charge in [-0.3, -0.25) is 9.59 Å². The standard InChI is InChI=1S/C24H30N6O3/c1-15(24(2,3)4)26-19-20(22(32)21(19)31)28-18-9-10-25-23(29-18)27-16-5-7-17(8-6-16)30-11-13-33-14-12-30/h5-10,15,26H,11-14H2,1-4H3,(H2,25,27,28,29). The second-order valence-electron chi connectivity index (χ2n) is 9.30. The van der Waals surface area contributed by atoms with Gasteiger partial charge in [0.25, 0.3) is 10.9 Å². The maximum Gasteiger partial charge on any atom is 0.253 e. The van der Waals surface area contributed by atoms with E-state index in [1.807, 2.05) is 31.2 Å². The Kier molecular flexibility index (Phi) is 6.33. The molecule has 1 fully saturated rings. The molecule has 33 heavy (non-hydrogen) atoms. The van der Waals surface area contributed by atoms with Crippen molar-refractivity contribution in [3.05, 3.63) is 57.0 Å². The Bertz CT molecular complexity index is 1170. The van der Waals surface area contributed by atoms with Gasteiger partial charge in [-0.05, 0) is 42.7 Å². The fourth-order valence-electron chi connectivity index (χ4n) is 3.40. The SMILES string of the molecule is CC(Nc1c(Nc2ccnc(Nc3ccc(N4CCOCC4)cc3)n2)c(=O)c1=O)C(C)(C)C. The zero-order valence-electron chi connectivity index (χ0n) is 19.4. The summed E-state index contributed by atoms with van der Waals surface area (Å²) in [4.78, 5) is 35.3. The highest BCUT2D eigenvalue weighted by Crippen LogP contribution is 2.27. The largest absolute Gasteiger partial charge is 0.378 e. The third kappa shape index (κ3) is 5.14. The van der Waals surface area contributed by atoms with Crippen LogP contribution in [0, 0.1) is 5.41 Å². The van der Waals surface area contributed by atoms with Crippen LogP contribution in [0.4, 0.5) is 34.5 Å². The number of hydrogen-bond donors (Lipinski definition) is 3. The number of rotatable bonds is 7. The van der Waals surface area contributed by atoms with Gasteiger partial charge in [-0.2, -0.15) is 4.98 Å². The van der Waals surface area contributed by atoms with Crippen molar-refractivity contribution in [2.24, 2.45) is 5.41 Å². The maximum atomic E-state index is 12.2. The maximum absolute atomic E-state index is 12.2. The highest BCUT2D eigenvalue weighted by Gasteiger charge is 2.27. The van der Waals surface area contributed by atoms with E-state index >= 15 is 0 Å². The summed E-state index contributed by atoms with van der Waals surface area (Å²) in [6, 6.07) is 9.70. The van der Waals surface area contributed by atoms with Gasteiger partial charge in [0.1, 0.15) is 17.2 Å². The molecule has 174 valence electrons. The van der Waals surface area contributed by atoms with Crippen LogP contribution in [-0.4, -0.2) is 42.3 Å². The smallest absolute Gasteiger partial charge is 0.253 e. The van der Waals surface area contributed by atoms with Crippen LogP contribution in [-0.2, 0) is 4.74 Å². The highest BCUT2D eigenvalue weighted by atomic mass is 16.5. The number of nitrogens with zero attached hydrogens (tertiary/aromatic N) is 3. The van der Waals surface area contributed by atoms with E-state index < -0.39 is 10.9 Å². The second-order valence-corrected chi connectivity index (χ2v) is 9.30. The minimum Gasteiger partial charge on any atom is -0.378 e. The van der Waals surface area contributed by atoms with Crippen LogP contribution in [0.15, 0.2) is 46.1 Å². The van der Waals surface area contributed by atoms with Crippen molar-refractivity contribution in [3.63, 3.8) is 0 Å². The average molecular weight is 451 g/mol. The number of morpholine rings is 1. The highest BCUT2D eigenvalue weighted by molar-refractivity contribution is 5.78. The third-order valence-electron chi connectivity index (χ3n) is 5.98. The zero-order valence-corrected chi connectivity index (χ0v) is 19.4. The fraction of sp³-hybridized carbons (Fsp3) is 0.417. The molecule has 0 bridgehead atoms. The quantitative estimate of drug-likeness (QED) is 0.467. The molecule has 4 rings (SSSR count). The lowest BCUT2D eigenvalue weighted by atomic mass is 9.87. The summed E-state index contributed by atoms with van der Waals surface area (Å²) < 4.78 is 5.40. The van der Waals surface area contributed by atoms with Gasteiger partial charge in [0.2, 0.25) is 5.95 Å². The Morgan fingerprint density at radius 2 is 1.64 bits per heavy atom. The molecule has 1 saturated heterocycles. The molecule has 1 aromatic heterocycles. The van der Waals surface area contributed by atoms with Crippen LogP contribution in [0.1, 0.15) is 27.7 Å². The predicted octanol–water partition coefficient (Wildman–Crippen LogP) is 3.24. The Balaban J connectivity index is 1.44. The molecule has 0 aliphatic carbocycles. The topological polar surface area (TPSA) is 108 Å². The van der Waals surface area contributed by atoms with E-state index in [0.29, 0.717) is 17.5 Å². The summed E-state index contributed by atoms with van der Waals surface area (Å²) in [7, 11) is 0. The molecular weight excluding hydrogens is 420 g/mol. The Hall–Kier alpha value is -3.46. The van der Waals surface area contributed by atoms with Crippen LogP contribution in [0.25, 0.3) is 0 Å². The summed E-state index contributed by atoms with van der Waals surface area (Å²) in [5.41, 5.74) is 1.39. The van der Waals surface area contributed by atoms with Crippen molar-refractivity contribution in [1.29, 1.82) is 0 Å². The van der Waals surface area contributed by atoms with Gasteiger partial charge in [-0.1, -0.05) is 20.8 Å². The molecule has 0 radical (unpaired) electrons. The lowest BCUT2D eigenvalue weighted by Crippen LogP contribution is -2.41. The Morgan fingerprint density at radius 1 is 0.970 bits per heavy atom. The molecule has 1 atom stereocenters. The molecular formula is C24H30N6O3. The molecule has 3 aromatic rings. The Morgan fingerprint density at radius 3 is 2.30 bits per heavy atom. The van der Waals surface area contributed by atoms with Gasteiger partial charge in [-0.25, -0.2) is 4.98 Å². The molecule has 9 nitrogen and oxygen atoms in total. The number of benzene rings is 1. The van der Waals surface area contributed by atoms with Gasteiger partial charge < -0.3 is 25.6 Å². The molecule has 0 amide bonds. The predicted molar refractivity (Wildman–Crippen MR) is 132 cm³/mol. The lowest BCUT2D eigenvalue weighted by molar-refractivity contribution is 0.122. The second kappa shape index (κ2) is 9.19. The van der Waals surface area contributed by atoms with Crippen molar-refractivity contribution in [1.82, 2.24) is 9.97 Å². The van der Waals surface area contributed by atoms with Gasteiger partial charge >= 0.3 is 0 Å². The minimum absolute atomic E-state index is 0.00408. The van der Waals surface area contributed by atoms with Gasteiger partial charge in [-0.15, -0.1) is 0 Å². The minimum atomic E-state index is -0.551. The molecule has 0 saturated carbocycles. The Labute approximate surface area is 192 Å². The van der Waals surface area contributed by atoms with Crippen LogP contribution >= 0.6 is 0 Å². The molecule has 1 unspecified atom stereocenters.